The Morgan fingerprint density at radius 1 is 0.667 bits per heavy atom. The molecular weight excluding hydrogens is 855 g/mol. The van der Waals surface area contributed by atoms with Crippen molar-refractivity contribution in [1.82, 2.24) is 20.3 Å². The number of aromatic nitrogens is 4. The highest BCUT2D eigenvalue weighted by molar-refractivity contribution is 7.71. The summed E-state index contributed by atoms with van der Waals surface area (Å²) >= 11 is 9.61. The molecule has 0 unspecified atom stereocenters. The van der Waals surface area contributed by atoms with Gasteiger partial charge in [0.1, 0.15) is 17.5 Å². The summed E-state index contributed by atoms with van der Waals surface area (Å²) in [6.45, 7) is 0.616. The molecule has 0 bridgehead atoms. The Balaban J connectivity index is 0.000000804. The minimum atomic E-state index is -0.391. The first-order valence-corrected chi connectivity index (χ1v) is 21.9. The predicted octanol–water partition coefficient (Wildman–Crippen LogP) is 10.1. The van der Waals surface area contributed by atoms with E-state index < -0.39 is 5.41 Å². The van der Waals surface area contributed by atoms with Crippen LogP contribution in [-0.4, -0.2) is 72.3 Å². The number of H-pyrrole nitrogens is 2. The molecule has 63 heavy (non-hydrogen) atoms. The van der Waals surface area contributed by atoms with Gasteiger partial charge >= 0.3 is 9.67 Å². The van der Waals surface area contributed by atoms with Gasteiger partial charge in [-0.2, -0.15) is 15.2 Å². The second-order valence-electron chi connectivity index (χ2n) is 17.4. The van der Waals surface area contributed by atoms with Gasteiger partial charge in [-0.3, -0.25) is 30.3 Å². The quantitative estimate of drug-likeness (QED) is 0.0294. The molecule has 0 aliphatic heterocycles. The van der Waals surface area contributed by atoms with Gasteiger partial charge < -0.3 is 25.7 Å². The zero-order valence-corrected chi connectivity index (χ0v) is 36.2. The molecule has 4 aliphatic rings. The van der Waals surface area contributed by atoms with Crippen LogP contribution in [0.15, 0.2) is 14.2 Å². The van der Waals surface area contributed by atoms with Crippen LogP contribution in [0.2, 0.25) is 0 Å². The van der Waals surface area contributed by atoms with E-state index in [1.807, 2.05) is 0 Å². The van der Waals surface area contributed by atoms with Crippen LogP contribution >= 0.6 is 24.4 Å². The Morgan fingerprint density at radius 3 is 1.33 bits per heavy atom. The zero-order chi connectivity index (χ0) is 44.1. The Hall–Kier alpha value is -4.36. The van der Waals surface area contributed by atoms with Crippen molar-refractivity contribution < 1.29 is 29.0 Å². The van der Waals surface area contributed by atoms with Crippen molar-refractivity contribution in [1.29, 1.82) is 5.26 Å². The zero-order valence-electron chi connectivity index (χ0n) is 34.6. The van der Waals surface area contributed by atoms with Crippen molar-refractivity contribution >= 4 is 30.3 Å². The molecular formula is C41H75N11O9S2. The van der Waals surface area contributed by atoms with E-state index in [0.717, 1.165) is 115 Å². The summed E-state index contributed by atoms with van der Waals surface area (Å²) in [5.74, 6) is 1.56. The Labute approximate surface area is 382 Å². The average Bonchev–Trinajstić information content (AvgIpc) is 3.81. The summed E-state index contributed by atoms with van der Waals surface area (Å²) in [6, 6.07) is 2.08. The number of nitrogens with one attached hydrogen (secondary N) is 2. The molecule has 7 N–H and O–H groups in total. The number of hydrogen-bond acceptors (Lipinski definition) is 16. The van der Waals surface area contributed by atoms with E-state index in [9.17, 15) is 30.3 Å². The van der Waals surface area contributed by atoms with Crippen LogP contribution in [0.3, 0.4) is 0 Å². The maximum Gasteiger partial charge on any atom is 0.314 e. The van der Waals surface area contributed by atoms with Gasteiger partial charge in [0.15, 0.2) is 0 Å². The van der Waals surface area contributed by atoms with Gasteiger partial charge in [0.2, 0.25) is 19.6 Å². The van der Waals surface area contributed by atoms with E-state index in [1.165, 1.54) is 32.1 Å². The lowest BCUT2D eigenvalue weighted by Gasteiger charge is -2.35. The number of aromatic amines is 2. The fourth-order valence-corrected chi connectivity index (χ4v) is 9.92. The largest absolute Gasteiger partial charge is 0.409 e. The van der Waals surface area contributed by atoms with E-state index in [-0.39, 0.29) is 88.4 Å². The number of nitro groups is 3. The van der Waals surface area contributed by atoms with Crippen LogP contribution in [0.25, 0.3) is 0 Å². The van der Waals surface area contributed by atoms with Crippen molar-refractivity contribution in [3.05, 3.63) is 51.7 Å². The van der Waals surface area contributed by atoms with Crippen molar-refractivity contribution in [2.75, 3.05) is 26.2 Å². The smallest absolute Gasteiger partial charge is 0.314 e. The summed E-state index contributed by atoms with van der Waals surface area (Å²) < 4.78 is 9.80. The summed E-state index contributed by atoms with van der Waals surface area (Å²) in [4.78, 5) is 39.7. The highest BCUT2D eigenvalue weighted by atomic mass is 32.1. The molecule has 360 valence electrons. The Kier molecular flexibility index (Phi) is 27.1. The molecule has 4 aliphatic carbocycles. The standard InChI is InChI=1S/C10H15N3O3S.C10H17N3OS.C9H17N3O3.C9H14N2O2.3CH4/c14-13(15)7-10(4-2-1-3-5-10)6-8-11-9(17)16-12-8;11-7-10(4-2-1-3-5-10)6-8-12-9(15)14-13-8;10-8(11-13)6-9(7-12(14)15)4-2-1-3-5-9;10-7-6-9(8-11(12)13)4-2-1-3-5-9;;;/h1-7H2,(H,11,12,17);1-7,11H2,(H,12,13,15);13H,1-7H2,(H2,10,11);1-6,8H2;3*1H4. The van der Waals surface area contributed by atoms with Crippen LogP contribution in [0.5, 0.6) is 0 Å². The minimum absolute atomic E-state index is 0. The predicted molar refractivity (Wildman–Crippen MR) is 246 cm³/mol. The maximum atomic E-state index is 10.8. The summed E-state index contributed by atoms with van der Waals surface area (Å²) in [6.07, 6.45) is 23.0. The highest BCUT2D eigenvalue weighted by Gasteiger charge is 2.40. The lowest BCUT2D eigenvalue weighted by molar-refractivity contribution is -0.499. The molecule has 4 fully saturated rings. The molecule has 0 spiro atoms. The third-order valence-corrected chi connectivity index (χ3v) is 13.0. The average molecular weight is 930 g/mol. The topological polar surface area (TPSA) is 321 Å². The number of nitrogens with two attached hydrogens (primary N) is 2. The molecule has 0 aromatic carbocycles. The minimum Gasteiger partial charge on any atom is -0.409 e. The maximum absolute atomic E-state index is 10.8. The van der Waals surface area contributed by atoms with E-state index in [4.69, 9.17) is 55.4 Å². The first-order valence-electron chi connectivity index (χ1n) is 21.1. The number of nitrogens with zero attached hydrogens (tertiary/aromatic N) is 7. The Morgan fingerprint density at radius 2 is 1.00 bits per heavy atom. The number of amidine groups is 1. The van der Waals surface area contributed by atoms with Crippen LogP contribution in [-0.2, 0) is 12.8 Å². The van der Waals surface area contributed by atoms with E-state index in [2.05, 4.69) is 31.5 Å². The van der Waals surface area contributed by atoms with Crippen molar-refractivity contribution in [3.8, 4) is 6.07 Å². The number of hydrogen-bond donors (Lipinski definition) is 5. The summed E-state index contributed by atoms with van der Waals surface area (Å²) in [5.41, 5.74) is 10.6. The fourth-order valence-electron chi connectivity index (χ4n) is 9.62. The lowest BCUT2D eigenvalue weighted by Crippen LogP contribution is -2.36. The SMILES string of the molecule is C.C.C.N#CCC1(C[N+](=O)[O-])CCCCC1.N/C(CC1(C[N+](=O)[O-])CCCCC1)=N\O.NCC1(Cc2nc(=S)o[nH]2)CCCCC1.O=[N+]([O-])CC1(Cc2nc(=S)o[nH]2)CCCCC1. The fraction of sp³-hybridized carbons (Fsp3) is 0.854. The van der Waals surface area contributed by atoms with E-state index >= 15 is 0 Å². The lowest BCUT2D eigenvalue weighted by atomic mass is 9.71. The van der Waals surface area contributed by atoms with Crippen LogP contribution in [0.1, 0.15) is 175 Å². The number of nitriles is 1. The second-order valence-corrected chi connectivity index (χ2v) is 18.1. The van der Waals surface area contributed by atoms with Gasteiger partial charge in [0, 0.05) is 56.7 Å². The second kappa shape index (κ2) is 29.2. The normalized spacial score (nSPS) is 19.3. The van der Waals surface area contributed by atoms with Gasteiger partial charge in [-0.1, -0.05) is 104 Å². The molecule has 20 nitrogen and oxygen atoms in total. The molecule has 4 saturated carbocycles. The van der Waals surface area contributed by atoms with Crippen molar-refractivity contribution in [2.24, 2.45) is 38.3 Å². The van der Waals surface area contributed by atoms with Crippen LogP contribution in [0, 0.1) is 73.0 Å². The Bertz CT molecular complexity index is 1820. The highest BCUT2D eigenvalue weighted by Crippen LogP contribution is 2.41. The molecule has 2 heterocycles. The number of rotatable bonds is 14. The number of oxime groups is 1. The monoisotopic (exact) mass is 930 g/mol. The molecule has 0 amide bonds. The third kappa shape index (κ3) is 20.8. The summed E-state index contributed by atoms with van der Waals surface area (Å²) in [7, 11) is 0. The first kappa shape index (κ1) is 58.6. The van der Waals surface area contributed by atoms with Crippen molar-refractivity contribution in [2.45, 2.75) is 176 Å². The van der Waals surface area contributed by atoms with Gasteiger partial charge in [-0.25, -0.2) is 10.3 Å². The van der Waals surface area contributed by atoms with E-state index in [0.29, 0.717) is 25.1 Å². The summed E-state index contributed by atoms with van der Waals surface area (Å²) in [5, 5.41) is 57.3. The van der Waals surface area contributed by atoms with E-state index in [1.54, 1.807) is 0 Å². The third-order valence-electron chi connectivity index (χ3n) is 12.7. The first-order chi connectivity index (χ1) is 28.6. The molecule has 0 radical (unpaired) electrons. The molecule has 2 aromatic rings. The van der Waals surface area contributed by atoms with Crippen molar-refractivity contribution in [3.63, 3.8) is 0 Å². The molecule has 6 rings (SSSR count). The molecule has 0 saturated heterocycles. The molecule has 22 heteroatoms. The van der Waals surface area contributed by atoms with Gasteiger partial charge in [0.05, 0.1) is 6.07 Å². The molecule has 2 aromatic heterocycles. The van der Waals surface area contributed by atoms with Crippen LogP contribution < -0.4 is 11.5 Å². The van der Waals surface area contributed by atoms with Gasteiger partial charge in [-0.05, 0) is 87.8 Å². The van der Waals surface area contributed by atoms with Crippen LogP contribution in [0.4, 0.5) is 0 Å². The van der Waals surface area contributed by atoms with Gasteiger partial charge in [0.25, 0.3) is 0 Å². The van der Waals surface area contributed by atoms with Gasteiger partial charge in [-0.15, -0.1) is 0 Å². The molecule has 0 atom stereocenters.